The standard InChI is InChI=1S/C9H12O.CH3NO2/c10-8-4-7-9-5-2-1-3-6-9;2-1(3)4/h1-3,5-6,10H,4,7-8H2;2H2,(H,3,4). The lowest BCUT2D eigenvalue weighted by Crippen LogP contribution is -2.03. The summed E-state index contributed by atoms with van der Waals surface area (Å²) in [5.74, 6) is 0. The number of primary amides is 1. The van der Waals surface area contributed by atoms with Crippen molar-refractivity contribution in [3.8, 4) is 0 Å². The van der Waals surface area contributed by atoms with E-state index in [0.717, 1.165) is 12.8 Å². The Kier molecular flexibility index (Phi) is 7.17. The van der Waals surface area contributed by atoms with E-state index in [-0.39, 0.29) is 6.61 Å². The van der Waals surface area contributed by atoms with E-state index in [4.69, 9.17) is 15.0 Å². The lowest BCUT2D eigenvalue weighted by atomic mass is 10.1. The first-order valence-electron chi connectivity index (χ1n) is 4.30. The van der Waals surface area contributed by atoms with Gasteiger partial charge in [-0.15, -0.1) is 0 Å². The van der Waals surface area contributed by atoms with E-state index in [1.165, 1.54) is 5.56 Å². The summed E-state index contributed by atoms with van der Waals surface area (Å²) in [6, 6.07) is 10.2. The Morgan fingerprint density at radius 2 is 1.79 bits per heavy atom. The van der Waals surface area contributed by atoms with Gasteiger partial charge in [0.15, 0.2) is 0 Å². The molecule has 0 aliphatic heterocycles. The number of aryl methyl sites for hydroxylation is 1. The average molecular weight is 197 g/mol. The predicted molar refractivity (Wildman–Crippen MR) is 54.1 cm³/mol. The molecule has 1 aromatic carbocycles. The van der Waals surface area contributed by atoms with Crippen LogP contribution in [0.1, 0.15) is 12.0 Å². The van der Waals surface area contributed by atoms with Crippen molar-refractivity contribution in [3.63, 3.8) is 0 Å². The SMILES string of the molecule is NC(=O)O.OCCCc1ccccc1. The molecular formula is C10H15NO3. The summed E-state index contributed by atoms with van der Waals surface area (Å²) in [6.07, 6.45) is 0.515. The average Bonchev–Trinajstić information content (AvgIpc) is 2.15. The van der Waals surface area contributed by atoms with Crippen LogP contribution in [-0.4, -0.2) is 22.9 Å². The van der Waals surface area contributed by atoms with Crippen LogP contribution in [-0.2, 0) is 6.42 Å². The van der Waals surface area contributed by atoms with E-state index in [1.807, 2.05) is 18.2 Å². The van der Waals surface area contributed by atoms with E-state index in [9.17, 15) is 0 Å². The second-order valence-corrected chi connectivity index (χ2v) is 2.65. The number of aliphatic hydroxyl groups is 1. The first-order chi connectivity index (χ1) is 6.66. The second kappa shape index (κ2) is 8.07. The highest BCUT2D eigenvalue weighted by Gasteiger charge is 1.87. The molecule has 0 atom stereocenters. The maximum atomic E-state index is 8.78. The van der Waals surface area contributed by atoms with Crippen molar-refractivity contribution < 1.29 is 15.0 Å². The molecular weight excluding hydrogens is 182 g/mol. The highest BCUT2D eigenvalue weighted by atomic mass is 16.4. The van der Waals surface area contributed by atoms with Crippen molar-refractivity contribution in [2.45, 2.75) is 12.8 Å². The fourth-order valence-corrected chi connectivity index (χ4v) is 0.928. The zero-order chi connectivity index (χ0) is 10.8. The molecule has 4 heteroatoms. The predicted octanol–water partition coefficient (Wildman–Crippen LogP) is 1.23. The maximum Gasteiger partial charge on any atom is 0.402 e. The normalized spacial score (nSPS) is 8.64. The van der Waals surface area contributed by atoms with Crippen molar-refractivity contribution in [3.05, 3.63) is 35.9 Å². The van der Waals surface area contributed by atoms with Gasteiger partial charge in [-0.2, -0.15) is 0 Å². The van der Waals surface area contributed by atoms with Crippen LogP contribution >= 0.6 is 0 Å². The van der Waals surface area contributed by atoms with E-state index < -0.39 is 6.09 Å². The minimum atomic E-state index is -1.33. The third-order valence-electron chi connectivity index (χ3n) is 1.47. The number of carbonyl (C=O) groups is 1. The van der Waals surface area contributed by atoms with Crippen molar-refractivity contribution >= 4 is 6.09 Å². The smallest absolute Gasteiger partial charge is 0.402 e. The first kappa shape index (κ1) is 12.4. The molecule has 1 aromatic rings. The quantitative estimate of drug-likeness (QED) is 0.681. The van der Waals surface area contributed by atoms with Crippen molar-refractivity contribution in [1.29, 1.82) is 0 Å². The van der Waals surface area contributed by atoms with Gasteiger partial charge in [0.2, 0.25) is 0 Å². The summed E-state index contributed by atoms with van der Waals surface area (Å²) in [7, 11) is 0. The van der Waals surface area contributed by atoms with Crippen molar-refractivity contribution in [1.82, 2.24) is 0 Å². The van der Waals surface area contributed by atoms with Crippen LogP contribution in [0.2, 0.25) is 0 Å². The fraction of sp³-hybridized carbons (Fsp3) is 0.300. The van der Waals surface area contributed by atoms with Crippen LogP contribution in [0, 0.1) is 0 Å². The molecule has 4 N–H and O–H groups in total. The molecule has 0 aliphatic carbocycles. The fourth-order valence-electron chi connectivity index (χ4n) is 0.928. The lowest BCUT2D eigenvalue weighted by Gasteiger charge is -1.96. The van der Waals surface area contributed by atoms with Gasteiger partial charge in [0.05, 0.1) is 0 Å². The van der Waals surface area contributed by atoms with Crippen molar-refractivity contribution in [2.24, 2.45) is 5.73 Å². The minimum Gasteiger partial charge on any atom is -0.465 e. The number of aliphatic hydroxyl groups excluding tert-OH is 1. The monoisotopic (exact) mass is 197 g/mol. The summed E-state index contributed by atoms with van der Waals surface area (Å²) in [5, 5.41) is 15.7. The summed E-state index contributed by atoms with van der Waals surface area (Å²) in [6.45, 7) is 0.287. The van der Waals surface area contributed by atoms with Gasteiger partial charge in [0.25, 0.3) is 0 Å². The molecule has 0 saturated heterocycles. The minimum absolute atomic E-state index is 0.287. The highest BCUT2D eigenvalue weighted by molar-refractivity contribution is 5.61. The molecule has 1 amide bonds. The van der Waals surface area contributed by atoms with Gasteiger partial charge < -0.3 is 15.9 Å². The topological polar surface area (TPSA) is 83.6 Å². The van der Waals surface area contributed by atoms with E-state index >= 15 is 0 Å². The summed E-state index contributed by atoms with van der Waals surface area (Å²) >= 11 is 0. The molecule has 4 nitrogen and oxygen atoms in total. The number of carboxylic acid groups (broad SMARTS) is 1. The molecule has 78 valence electrons. The van der Waals surface area contributed by atoms with Gasteiger partial charge >= 0.3 is 6.09 Å². The Labute approximate surface area is 83.0 Å². The van der Waals surface area contributed by atoms with Crippen LogP contribution in [0.25, 0.3) is 0 Å². The number of hydrogen-bond acceptors (Lipinski definition) is 2. The molecule has 0 spiro atoms. The number of benzene rings is 1. The van der Waals surface area contributed by atoms with Gasteiger partial charge in [0.1, 0.15) is 0 Å². The Hall–Kier alpha value is -1.55. The molecule has 0 aromatic heterocycles. The van der Waals surface area contributed by atoms with Crippen LogP contribution in [0.3, 0.4) is 0 Å². The maximum absolute atomic E-state index is 8.78. The number of amides is 1. The third kappa shape index (κ3) is 8.55. The molecule has 0 fully saturated rings. The van der Waals surface area contributed by atoms with Gasteiger partial charge in [-0.3, -0.25) is 0 Å². The highest BCUT2D eigenvalue weighted by Crippen LogP contribution is 2.00. The third-order valence-corrected chi connectivity index (χ3v) is 1.47. The summed E-state index contributed by atoms with van der Waals surface area (Å²) in [5.41, 5.74) is 5.33. The summed E-state index contributed by atoms with van der Waals surface area (Å²) < 4.78 is 0. The second-order valence-electron chi connectivity index (χ2n) is 2.65. The van der Waals surface area contributed by atoms with Gasteiger partial charge in [0, 0.05) is 6.61 Å². The Morgan fingerprint density at radius 3 is 2.21 bits per heavy atom. The van der Waals surface area contributed by atoms with E-state index in [2.05, 4.69) is 17.9 Å². The van der Waals surface area contributed by atoms with Gasteiger partial charge in [-0.25, -0.2) is 4.79 Å². The largest absolute Gasteiger partial charge is 0.465 e. The Bertz CT molecular complexity index is 245. The van der Waals surface area contributed by atoms with Gasteiger partial charge in [-0.05, 0) is 18.4 Å². The first-order valence-corrected chi connectivity index (χ1v) is 4.30. The molecule has 0 heterocycles. The van der Waals surface area contributed by atoms with E-state index in [1.54, 1.807) is 0 Å². The van der Waals surface area contributed by atoms with E-state index in [0.29, 0.717) is 0 Å². The van der Waals surface area contributed by atoms with Crippen molar-refractivity contribution in [2.75, 3.05) is 6.61 Å². The summed E-state index contributed by atoms with van der Waals surface area (Å²) in [4.78, 5) is 8.78. The number of nitrogens with two attached hydrogens (primary N) is 1. The Morgan fingerprint density at radius 1 is 1.29 bits per heavy atom. The molecule has 0 radical (unpaired) electrons. The zero-order valence-electron chi connectivity index (χ0n) is 7.89. The van der Waals surface area contributed by atoms with Crippen LogP contribution in [0.15, 0.2) is 30.3 Å². The number of hydrogen-bond donors (Lipinski definition) is 3. The van der Waals surface area contributed by atoms with Crippen LogP contribution in [0.4, 0.5) is 4.79 Å². The molecule has 0 unspecified atom stereocenters. The Balaban J connectivity index is 0.000000364. The molecule has 1 rings (SSSR count). The number of rotatable bonds is 3. The molecule has 0 aliphatic rings. The van der Waals surface area contributed by atoms with Crippen LogP contribution in [0.5, 0.6) is 0 Å². The molecule has 14 heavy (non-hydrogen) atoms. The van der Waals surface area contributed by atoms with Crippen LogP contribution < -0.4 is 5.73 Å². The molecule has 0 saturated carbocycles. The zero-order valence-corrected chi connectivity index (χ0v) is 7.89. The van der Waals surface area contributed by atoms with Gasteiger partial charge in [-0.1, -0.05) is 30.3 Å². The lowest BCUT2D eigenvalue weighted by molar-refractivity contribution is 0.205. The molecule has 0 bridgehead atoms.